The van der Waals surface area contributed by atoms with Crippen molar-refractivity contribution >= 4 is 17.5 Å². The number of carbonyl (C=O) groups excluding carboxylic acids is 1. The number of methoxy groups -OCH3 is 1. The number of carbonyl (C=O) groups is 1. The number of anilines is 2. The van der Waals surface area contributed by atoms with Crippen LogP contribution in [0.2, 0.25) is 0 Å². The average Bonchev–Trinajstić information content (AvgIpc) is 2.55. The molecule has 1 aliphatic heterocycles. The van der Waals surface area contributed by atoms with Gasteiger partial charge in [-0.25, -0.2) is 9.78 Å². The summed E-state index contributed by atoms with van der Waals surface area (Å²) in [5, 5.41) is 0. The van der Waals surface area contributed by atoms with Crippen LogP contribution in [-0.4, -0.2) is 31.2 Å². The lowest BCUT2D eigenvalue weighted by Gasteiger charge is -2.41. The average molecular weight is 291 g/mol. The highest BCUT2D eigenvalue weighted by molar-refractivity contribution is 5.95. The second-order valence-electron chi connectivity index (χ2n) is 5.82. The third kappa shape index (κ3) is 3.12. The minimum Gasteiger partial charge on any atom is -0.465 e. The highest BCUT2D eigenvalue weighted by Gasteiger charge is 2.31. The summed E-state index contributed by atoms with van der Waals surface area (Å²) in [6, 6.07) is 1.74. The molecule has 0 atom stereocenters. The fourth-order valence-corrected chi connectivity index (χ4v) is 3.08. The first kappa shape index (κ1) is 15.6. The molecule has 2 N–H and O–H groups in total. The lowest BCUT2D eigenvalue weighted by molar-refractivity contribution is 0.0602. The Morgan fingerprint density at radius 2 is 2.00 bits per heavy atom. The van der Waals surface area contributed by atoms with Crippen LogP contribution in [0.15, 0.2) is 12.3 Å². The van der Waals surface area contributed by atoms with Crippen molar-refractivity contribution < 1.29 is 9.53 Å². The summed E-state index contributed by atoms with van der Waals surface area (Å²) in [5.41, 5.74) is 7.02. The van der Waals surface area contributed by atoms with Gasteiger partial charge in [0.1, 0.15) is 5.82 Å². The van der Waals surface area contributed by atoms with E-state index in [1.54, 1.807) is 12.3 Å². The van der Waals surface area contributed by atoms with Crippen LogP contribution in [0.1, 0.15) is 49.9 Å². The topological polar surface area (TPSA) is 68.5 Å². The van der Waals surface area contributed by atoms with Crippen molar-refractivity contribution in [2.45, 2.75) is 39.5 Å². The number of esters is 1. The molecule has 1 saturated heterocycles. The Labute approximate surface area is 126 Å². The molecule has 1 aromatic rings. The van der Waals surface area contributed by atoms with E-state index in [0.717, 1.165) is 18.9 Å². The monoisotopic (exact) mass is 291 g/mol. The maximum Gasteiger partial charge on any atom is 0.340 e. The summed E-state index contributed by atoms with van der Waals surface area (Å²) in [4.78, 5) is 18.3. The van der Waals surface area contributed by atoms with E-state index >= 15 is 0 Å². The normalized spacial score (nSPS) is 17.6. The van der Waals surface area contributed by atoms with Gasteiger partial charge in [-0.3, -0.25) is 0 Å². The number of pyridine rings is 1. The summed E-state index contributed by atoms with van der Waals surface area (Å²) in [5.74, 6) is 0.398. The van der Waals surface area contributed by atoms with Gasteiger partial charge in [0.2, 0.25) is 0 Å². The van der Waals surface area contributed by atoms with Gasteiger partial charge in [0.05, 0.1) is 24.6 Å². The van der Waals surface area contributed by atoms with E-state index in [1.807, 2.05) is 0 Å². The van der Waals surface area contributed by atoms with Crippen molar-refractivity contribution in [3.8, 4) is 0 Å². The van der Waals surface area contributed by atoms with Crippen molar-refractivity contribution in [3.05, 3.63) is 17.8 Å². The van der Waals surface area contributed by atoms with Crippen molar-refractivity contribution in [1.82, 2.24) is 4.98 Å². The zero-order valence-electron chi connectivity index (χ0n) is 13.2. The second-order valence-corrected chi connectivity index (χ2v) is 5.82. The first-order valence-electron chi connectivity index (χ1n) is 7.64. The fraction of sp³-hybridized carbons (Fsp3) is 0.625. The summed E-state index contributed by atoms with van der Waals surface area (Å²) in [6.45, 7) is 6.49. The summed E-state index contributed by atoms with van der Waals surface area (Å²) in [6.07, 6.45) is 6.32. The van der Waals surface area contributed by atoms with Gasteiger partial charge >= 0.3 is 5.97 Å². The Bertz CT molecular complexity index is 502. The van der Waals surface area contributed by atoms with Gasteiger partial charge in [0.25, 0.3) is 0 Å². The summed E-state index contributed by atoms with van der Waals surface area (Å²) in [7, 11) is 1.36. The number of nitrogens with two attached hydrogens (primary N) is 1. The lowest BCUT2D eigenvalue weighted by atomic mass is 9.74. The standard InChI is InChI=1S/C16H25N3O2/c1-4-16(5-2)6-8-19(9-7-16)14-10-12(15(20)21-3)13(17)11-18-14/h10-11H,4-9,17H2,1-3H3. The molecule has 0 aliphatic carbocycles. The van der Waals surface area contributed by atoms with Crippen LogP contribution in [0.4, 0.5) is 11.5 Å². The molecular formula is C16H25N3O2. The van der Waals surface area contributed by atoms with Crippen LogP contribution in [0.5, 0.6) is 0 Å². The van der Waals surface area contributed by atoms with E-state index in [9.17, 15) is 4.79 Å². The molecule has 1 aromatic heterocycles. The van der Waals surface area contributed by atoms with Crippen molar-refractivity contribution in [3.63, 3.8) is 0 Å². The van der Waals surface area contributed by atoms with E-state index in [0.29, 0.717) is 16.7 Å². The first-order valence-corrected chi connectivity index (χ1v) is 7.64. The molecule has 0 aromatic carbocycles. The number of hydrogen-bond donors (Lipinski definition) is 1. The molecule has 0 saturated carbocycles. The van der Waals surface area contributed by atoms with Crippen molar-refractivity contribution in [2.75, 3.05) is 30.8 Å². The minimum absolute atomic E-state index is 0.360. The smallest absolute Gasteiger partial charge is 0.340 e. The number of aromatic nitrogens is 1. The van der Waals surface area contributed by atoms with Crippen LogP contribution in [0.25, 0.3) is 0 Å². The molecule has 2 heterocycles. The SMILES string of the molecule is CCC1(CC)CCN(c2cc(C(=O)OC)c(N)cn2)CC1. The van der Waals surface area contributed by atoms with Crippen molar-refractivity contribution in [2.24, 2.45) is 5.41 Å². The zero-order chi connectivity index (χ0) is 15.5. The van der Waals surface area contributed by atoms with Crippen LogP contribution >= 0.6 is 0 Å². The number of hydrogen-bond acceptors (Lipinski definition) is 5. The minimum atomic E-state index is -0.412. The molecule has 0 spiro atoms. The van der Waals surface area contributed by atoms with E-state index in [4.69, 9.17) is 10.5 Å². The molecule has 0 bridgehead atoms. The molecule has 1 fully saturated rings. The third-order valence-electron chi connectivity index (χ3n) is 4.97. The molecule has 0 radical (unpaired) electrons. The summed E-state index contributed by atoms with van der Waals surface area (Å²) < 4.78 is 4.76. The fourth-order valence-electron chi connectivity index (χ4n) is 3.08. The highest BCUT2D eigenvalue weighted by Crippen LogP contribution is 2.39. The Balaban J connectivity index is 2.15. The van der Waals surface area contributed by atoms with Crippen LogP contribution in [0, 0.1) is 5.41 Å². The van der Waals surface area contributed by atoms with Gasteiger partial charge in [-0.15, -0.1) is 0 Å². The van der Waals surface area contributed by atoms with E-state index in [2.05, 4.69) is 23.7 Å². The predicted molar refractivity (Wildman–Crippen MR) is 84.5 cm³/mol. The number of piperidine rings is 1. The van der Waals surface area contributed by atoms with E-state index in [-0.39, 0.29) is 0 Å². The van der Waals surface area contributed by atoms with Crippen LogP contribution < -0.4 is 10.6 Å². The molecular weight excluding hydrogens is 266 g/mol. The first-order chi connectivity index (χ1) is 10.0. The lowest BCUT2D eigenvalue weighted by Crippen LogP contribution is -2.40. The van der Waals surface area contributed by atoms with Gasteiger partial charge in [0.15, 0.2) is 0 Å². The third-order valence-corrected chi connectivity index (χ3v) is 4.97. The number of rotatable bonds is 4. The quantitative estimate of drug-likeness (QED) is 0.864. The molecule has 5 heteroatoms. The summed E-state index contributed by atoms with van der Waals surface area (Å²) >= 11 is 0. The molecule has 0 unspecified atom stereocenters. The maximum absolute atomic E-state index is 11.7. The number of nitrogens with zero attached hydrogens (tertiary/aromatic N) is 2. The highest BCUT2D eigenvalue weighted by atomic mass is 16.5. The Kier molecular flexibility index (Phi) is 4.70. The molecule has 21 heavy (non-hydrogen) atoms. The number of ether oxygens (including phenoxy) is 1. The van der Waals surface area contributed by atoms with Gasteiger partial charge in [0, 0.05) is 13.1 Å². The van der Waals surface area contributed by atoms with E-state index in [1.165, 1.54) is 32.8 Å². The Morgan fingerprint density at radius 3 is 2.52 bits per heavy atom. The van der Waals surface area contributed by atoms with Gasteiger partial charge in [-0.1, -0.05) is 26.7 Å². The molecule has 2 rings (SSSR count). The van der Waals surface area contributed by atoms with Crippen molar-refractivity contribution in [1.29, 1.82) is 0 Å². The Morgan fingerprint density at radius 1 is 1.38 bits per heavy atom. The van der Waals surface area contributed by atoms with Gasteiger partial charge in [-0.05, 0) is 24.3 Å². The number of nitrogen functional groups attached to an aromatic ring is 1. The van der Waals surface area contributed by atoms with Crippen LogP contribution in [0.3, 0.4) is 0 Å². The zero-order valence-corrected chi connectivity index (χ0v) is 13.2. The molecule has 5 nitrogen and oxygen atoms in total. The maximum atomic E-state index is 11.7. The molecule has 116 valence electrons. The van der Waals surface area contributed by atoms with E-state index < -0.39 is 5.97 Å². The Hall–Kier alpha value is -1.78. The van der Waals surface area contributed by atoms with Crippen LogP contribution in [-0.2, 0) is 4.74 Å². The molecule has 0 amide bonds. The largest absolute Gasteiger partial charge is 0.465 e. The molecule has 1 aliphatic rings. The van der Waals surface area contributed by atoms with Gasteiger partial charge in [-0.2, -0.15) is 0 Å². The second kappa shape index (κ2) is 6.33. The predicted octanol–water partition coefficient (Wildman–Crippen LogP) is 2.86. The van der Waals surface area contributed by atoms with Gasteiger partial charge < -0.3 is 15.4 Å².